The van der Waals surface area contributed by atoms with Gasteiger partial charge in [-0.1, -0.05) is 0 Å². The maximum Gasteiger partial charge on any atom is 0.416 e. The summed E-state index contributed by atoms with van der Waals surface area (Å²) >= 11 is 0. The lowest BCUT2D eigenvalue weighted by Gasteiger charge is -2.15. The molecule has 1 fully saturated rings. The van der Waals surface area contributed by atoms with Gasteiger partial charge in [-0.05, 0) is 53.6 Å². The van der Waals surface area contributed by atoms with Crippen molar-refractivity contribution in [3.8, 4) is 5.69 Å². The first-order chi connectivity index (χ1) is 11.4. The zero-order chi connectivity index (χ0) is 17.2. The molecule has 7 nitrogen and oxygen atoms in total. The lowest BCUT2D eigenvalue weighted by Crippen LogP contribution is -2.40. The van der Waals surface area contributed by atoms with E-state index in [9.17, 15) is 18.0 Å². The minimum absolute atomic E-state index is 0.0455. The van der Waals surface area contributed by atoms with E-state index >= 15 is 0 Å². The average Bonchev–Trinajstić information content (AvgIpc) is 3.24. The summed E-state index contributed by atoms with van der Waals surface area (Å²) in [5, 5.41) is 16.4. The molecule has 1 aromatic heterocycles. The minimum Gasteiger partial charge on any atom is -0.351 e. The number of nitrogens with one attached hydrogen (secondary N) is 2. The molecular formula is C14H15F3N6O. The SMILES string of the molecule is O=C(NCc1cc(C(F)(F)F)ccc1-n1cnnn1)[C@@H]1CCCN1. The summed E-state index contributed by atoms with van der Waals surface area (Å²) in [6.07, 6.45) is -1.57. The quantitative estimate of drug-likeness (QED) is 0.869. The molecule has 1 aromatic carbocycles. The monoisotopic (exact) mass is 340 g/mol. The number of hydrogen-bond acceptors (Lipinski definition) is 5. The van der Waals surface area contributed by atoms with Crippen molar-refractivity contribution >= 4 is 5.91 Å². The highest BCUT2D eigenvalue weighted by Crippen LogP contribution is 2.31. The molecule has 0 unspecified atom stereocenters. The number of alkyl halides is 3. The minimum atomic E-state index is -4.47. The molecular weight excluding hydrogens is 325 g/mol. The molecule has 0 radical (unpaired) electrons. The van der Waals surface area contributed by atoms with Crippen LogP contribution < -0.4 is 10.6 Å². The molecule has 1 atom stereocenters. The van der Waals surface area contributed by atoms with Crippen LogP contribution in [0.5, 0.6) is 0 Å². The van der Waals surface area contributed by atoms with Crippen molar-refractivity contribution in [3.05, 3.63) is 35.7 Å². The number of rotatable bonds is 4. The van der Waals surface area contributed by atoms with Crippen molar-refractivity contribution in [2.75, 3.05) is 6.54 Å². The Bertz CT molecular complexity index is 710. The molecule has 2 aromatic rings. The molecule has 2 N–H and O–H groups in total. The zero-order valence-electron chi connectivity index (χ0n) is 12.5. The van der Waals surface area contributed by atoms with Gasteiger partial charge in [-0.2, -0.15) is 13.2 Å². The summed E-state index contributed by atoms with van der Waals surface area (Å²) in [5.74, 6) is -0.229. The summed E-state index contributed by atoms with van der Waals surface area (Å²) in [6, 6.07) is 2.95. The van der Waals surface area contributed by atoms with Gasteiger partial charge >= 0.3 is 6.18 Å². The van der Waals surface area contributed by atoms with Gasteiger partial charge in [0.15, 0.2) is 0 Å². The molecule has 1 aliphatic rings. The average molecular weight is 340 g/mol. The highest BCUT2D eigenvalue weighted by molar-refractivity contribution is 5.82. The van der Waals surface area contributed by atoms with Crippen LogP contribution in [0.3, 0.4) is 0 Å². The third kappa shape index (κ3) is 3.53. The number of carbonyl (C=O) groups excluding carboxylic acids is 1. The van der Waals surface area contributed by atoms with E-state index in [0.29, 0.717) is 12.1 Å². The number of benzene rings is 1. The van der Waals surface area contributed by atoms with E-state index in [1.165, 1.54) is 17.1 Å². The van der Waals surface area contributed by atoms with E-state index in [-0.39, 0.29) is 24.1 Å². The highest BCUT2D eigenvalue weighted by Gasteiger charge is 2.31. The predicted molar refractivity (Wildman–Crippen MR) is 77.0 cm³/mol. The summed E-state index contributed by atoms with van der Waals surface area (Å²) in [5.41, 5.74) is -0.126. The predicted octanol–water partition coefficient (Wildman–Crippen LogP) is 1.05. The third-order valence-electron chi connectivity index (χ3n) is 3.83. The van der Waals surface area contributed by atoms with Gasteiger partial charge < -0.3 is 10.6 Å². The second-order valence-corrected chi connectivity index (χ2v) is 5.46. The smallest absolute Gasteiger partial charge is 0.351 e. The molecule has 24 heavy (non-hydrogen) atoms. The number of hydrogen-bond donors (Lipinski definition) is 2. The van der Waals surface area contributed by atoms with E-state index in [0.717, 1.165) is 25.1 Å². The lowest BCUT2D eigenvalue weighted by atomic mass is 10.1. The largest absolute Gasteiger partial charge is 0.416 e. The van der Waals surface area contributed by atoms with Gasteiger partial charge in [0.25, 0.3) is 0 Å². The molecule has 1 aliphatic heterocycles. The molecule has 0 bridgehead atoms. The second-order valence-electron chi connectivity index (χ2n) is 5.46. The second kappa shape index (κ2) is 6.56. The van der Waals surface area contributed by atoms with E-state index < -0.39 is 11.7 Å². The van der Waals surface area contributed by atoms with Crippen LogP contribution in [0.4, 0.5) is 13.2 Å². The van der Waals surface area contributed by atoms with Crippen LogP contribution in [-0.2, 0) is 17.5 Å². The van der Waals surface area contributed by atoms with Gasteiger partial charge in [0, 0.05) is 6.54 Å². The Morgan fingerprint density at radius 2 is 2.25 bits per heavy atom. The molecule has 1 amide bonds. The number of nitrogens with zero attached hydrogens (tertiary/aromatic N) is 4. The van der Waals surface area contributed by atoms with Gasteiger partial charge in [-0.15, -0.1) is 5.10 Å². The zero-order valence-corrected chi connectivity index (χ0v) is 12.5. The Hall–Kier alpha value is -2.49. The number of amides is 1. The topological polar surface area (TPSA) is 84.7 Å². The van der Waals surface area contributed by atoms with Crippen LogP contribution in [0.25, 0.3) is 5.69 Å². The van der Waals surface area contributed by atoms with E-state index in [4.69, 9.17) is 0 Å². The molecule has 3 rings (SSSR count). The number of tetrazole rings is 1. The molecule has 10 heteroatoms. The van der Waals surface area contributed by atoms with Gasteiger partial charge in [0.2, 0.25) is 5.91 Å². The Morgan fingerprint density at radius 1 is 1.42 bits per heavy atom. The Balaban J connectivity index is 1.84. The number of aromatic nitrogens is 4. The fourth-order valence-electron chi connectivity index (χ4n) is 2.61. The standard InChI is InChI=1S/C14H15F3N6O/c15-14(16,17)10-3-4-12(23-8-20-21-22-23)9(6-10)7-19-13(24)11-2-1-5-18-11/h3-4,6,8,11,18H,1-2,5,7H2,(H,19,24)/t11-/m0/s1. The lowest BCUT2D eigenvalue weighted by molar-refractivity contribution is -0.137. The molecule has 2 heterocycles. The van der Waals surface area contributed by atoms with Gasteiger partial charge in [-0.25, -0.2) is 4.68 Å². The van der Waals surface area contributed by atoms with E-state index in [1.54, 1.807) is 0 Å². The molecule has 0 aliphatic carbocycles. The van der Waals surface area contributed by atoms with Gasteiger partial charge in [0.05, 0.1) is 17.3 Å². The van der Waals surface area contributed by atoms with Crippen molar-refractivity contribution in [3.63, 3.8) is 0 Å². The fourth-order valence-corrected chi connectivity index (χ4v) is 2.61. The van der Waals surface area contributed by atoms with Crippen molar-refractivity contribution in [2.45, 2.75) is 31.6 Å². The van der Waals surface area contributed by atoms with Crippen LogP contribution in [0.15, 0.2) is 24.5 Å². The van der Waals surface area contributed by atoms with Gasteiger partial charge in [0.1, 0.15) is 6.33 Å². The van der Waals surface area contributed by atoms with Crippen molar-refractivity contribution in [2.24, 2.45) is 0 Å². The molecule has 0 spiro atoms. The first-order valence-electron chi connectivity index (χ1n) is 7.40. The normalized spacial score (nSPS) is 17.9. The first-order valence-corrected chi connectivity index (χ1v) is 7.40. The molecule has 0 saturated carbocycles. The van der Waals surface area contributed by atoms with Crippen molar-refractivity contribution in [1.29, 1.82) is 0 Å². The first kappa shape index (κ1) is 16.4. The van der Waals surface area contributed by atoms with Crippen LogP contribution in [0.1, 0.15) is 24.0 Å². The van der Waals surface area contributed by atoms with E-state index in [1.807, 2.05) is 0 Å². The molecule has 128 valence electrons. The Morgan fingerprint density at radius 3 is 2.88 bits per heavy atom. The molecule has 1 saturated heterocycles. The van der Waals surface area contributed by atoms with Crippen molar-refractivity contribution in [1.82, 2.24) is 30.8 Å². The number of halogens is 3. The van der Waals surface area contributed by atoms with Crippen LogP contribution in [0, 0.1) is 0 Å². The van der Waals surface area contributed by atoms with Crippen LogP contribution >= 0.6 is 0 Å². The summed E-state index contributed by atoms with van der Waals surface area (Å²) in [4.78, 5) is 12.1. The highest BCUT2D eigenvalue weighted by atomic mass is 19.4. The summed E-state index contributed by atoms with van der Waals surface area (Å²) < 4.78 is 40.1. The summed E-state index contributed by atoms with van der Waals surface area (Å²) in [7, 11) is 0. The third-order valence-corrected chi connectivity index (χ3v) is 3.83. The number of carbonyl (C=O) groups is 1. The van der Waals surface area contributed by atoms with Crippen LogP contribution in [-0.4, -0.2) is 38.7 Å². The Kier molecular flexibility index (Phi) is 4.47. The van der Waals surface area contributed by atoms with Gasteiger partial charge in [-0.3, -0.25) is 4.79 Å². The summed E-state index contributed by atoms with van der Waals surface area (Å²) in [6.45, 7) is 0.716. The Labute approximate surface area is 135 Å². The van der Waals surface area contributed by atoms with Crippen molar-refractivity contribution < 1.29 is 18.0 Å². The maximum atomic E-state index is 12.9. The maximum absolute atomic E-state index is 12.9. The fraction of sp³-hybridized carbons (Fsp3) is 0.429. The van der Waals surface area contributed by atoms with E-state index in [2.05, 4.69) is 26.2 Å². The van der Waals surface area contributed by atoms with Crippen LogP contribution in [0.2, 0.25) is 0 Å².